The van der Waals surface area contributed by atoms with E-state index in [1.807, 2.05) is 0 Å². The van der Waals surface area contributed by atoms with Gasteiger partial charge in [-0.15, -0.1) is 0 Å². The first kappa shape index (κ1) is 31.0. The monoisotopic (exact) mass is 638 g/mol. The van der Waals surface area contributed by atoms with Crippen LogP contribution in [0.5, 0.6) is 5.75 Å². The van der Waals surface area contributed by atoms with Crippen molar-refractivity contribution < 1.29 is 27.5 Å². The molecule has 3 N–H and O–H groups in total. The molecule has 41 heavy (non-hydrogen) atoms. The maximum atomic E-state index is 13.5. The number of carbonyl (C=O) groups is 2. The fourth-order valence-electron chi connectivity index (χ4n) is 4.36. The number of halogens is 3. The van der Waals surface area contributed by atoms with E-state index < -0.39 is 32.7 Å². The molecule has 0 saturated heterocycles. The van der Waals surface area contributed by atoms with E-state index in [1.54, 1.807) is 49.4 Å². The molecule has 0 heterocycles. The first-order valence-corrected chi connectivity index (χ1v) is 15.8. The van der Waals surface area contributed by atoms with Crippen molar-refractivity contribution in [1.29, 1.82) is 0 Å². The largest absolute Gasteiger partial charge is 0.466 e. The fraction of sp³-hybridized carbons (Fsp3) is 0.310. The van der Waals surface area contributed by atoms with Crippen LogP contribution in [0.1, 0.15) is 37.7 Å². The topological polar surface area (TPSA) is 125 Å². The van der Waals surface area contributed by atoms with Gasteiger partial charge in [0, 0.05) is 11.1 Å². The standard InChI is InChI=1S/C29H29Cl3N2O6S/c1-2-39-27(35)14-21(18-9-11-19(12-10-18)41(37,38)16-17-7-8-17)28(36)34-25-15-23(30)22(13-24(25)33)20-5-3-4-6-26(20)40-29(31)32/h3-6,9-13,15,17,21,29H,2,7-8,14,16,33H2,1H3,(H,34,36). The van der Waals surface area contributed by atoms with Crippen LogP contribution in [-0.2, 0) is 24.2 Å². The summed E-state index contributed by atoms with van der Waals surface area (Å²) in [5.41, 5.74) is 8.30. The molecule has 1 atom stereocenters. The highest BCUT2D eigenvalue weighted by Gasteiger charge is 2.30. The molecule has 0 radical (unpaired) electrons. The summed E-state index contributed by atoms with van der Waals surface area (Å²) in [6, 6.07) is 16.1. The molecule has 0 aliphatic heterocycles. The third-order valence-electron chi connectivity index (χ3n) is 6.58. The average Bonchev–Trinajstić information content (AvgIpc) is 3.73. The van der Waals surface area contributed by atoms with Crippen molar-refractivity contribution in [2.45, 2.75) is 42.0 Å². The second-order valence-electron chi connectivity index (χ2n) is 9.64. The first-order valence-electron chi connectivity index (χ1n) is 12.9. The van der Waals surface area contributed by atoms with Crippen molar-refractivity contribution in [2.24, 2.45) is 5.92 Å². The highest BCUT2D eigenvalue weighted by molar-refractivity contribution is 7.91. The highest BCUT2D eigenvalue weighted by atomic mass is 35.5. The van der Waals surface area contributed by atoms with Crippen molar-refractivity contribution in [3.63, 3.8) is 0 Å². The first-order chi connectivity index (χ1) is 19.5. The molecule has 3 aromatic carbocycles. The van der Waals surface area contributed by atoms with Crippen LogP contribution in [0.15, 0.2) is 65.6 Å². The Morgan fingerprint density at radius 2 is 1.73 bits per heavy atom. The Kier molecular flexibility index (Phi) is 10.1. The van der Waals surface area contributed by atoms with Gasteiger partial charge in [-0.1, -0.05) is 65.1 Å². The van der Waals surface area contributed by atoms with E-state index >= 15 is 0 Å². The molecule has 3 aromatic rings. The Bertz CT molecular complexity index is 1530. The van der Waals surface area contributed by atoms with E-state index in [0.29, 0.717) is 22.4 Å². The fourth-order valence-corrected chi connectivity index (χ4v) is 6.51. The Morgan fingerprint density at radius 3 is 2.37 bits per heavy atom. The molecule has 0 aromatic heterocycles. The zero-order valence-electron chi connectivity index (χ0n) is 22.1. The molecule has 12 heteroatoms. The summed E-state index contributed by atoms with van der Waals surface area (Å²) in [5, 5.41) is 1.91. The maximum Gasteiger partial charge on any atom is 0.306 e. The molecule has 1 amide bonds. The van der Waals surface area contributed by atoms with Crippen molar-refractivity contribution in [2.75, 3.05) is 23.4 Å². The molecule has 4 rings (SSSR count). The number of nitrogen functional groups attached to an aromatic ring is 1. The number of benzene rings is 3. The number of rotatable bonds is 12. The average molecular weight is 640 g/mol. The van der Waals surface area contributed by atoms with Gasteiger partial charge in [-0.2, -0.15) is 0 Å². The summed E-state index contributed by atoms with van der Waals surface area (Å²) in [6.45, 7) is 1.81. The number of sulfone groups is 1. The highest BCUT2D eigenvalue weighted by Crippen LogP contribution is 2.40. The predicted molar refractivity (Wildman–Crippen MR) is 161 cm³/mol. The summed E-state index contributed by atoms with van der Waals surface area (Å²) in [6.07, 6.45) is 1.56. The number of ether oxygens (including phenoxy) is 2. The molecule has 1 unspecified atom stereocenters. The van der Waals surface area contributed by atoms with Gasteiger partial charge in [-0.05, 0) is 61.6 Å². The van der Waals surface area contributed by atoms with Gasteiger partial charge in [0.25, 0.3) is 0 Å². The SMILES string of the molecule is CCOC(=O)CC(C(=O)Nc1cc(Cl)c(-c2ccccc2OC(Cl)Cl)cc1N)c1ccc(S(=O)(=O)CC2CC2)cc1. The summed E-state index contributed by atoms with van der Waals surface area (Å²) in [5.74, 6) is -1.41. The van der Waals surface area contributed by atoms with Crippen LogP contribution in [0.3, 0.4) is 0 Å². The molecule has 8 nitrogen and oxygen atoms in total. The van der Waals surface area contributed by atoms with Crippen LogP contribution in [0, 0.1) is 5.92 Å². The van der Waals surface area contributed by atoms with E-state index in [1.165, 1.54) is 18.2 Å². The lowest BCUT2D eigenvalue weighted by Gasteiger charge is -2.19. The Morgan fingerprint density at radius 1 is 1.05 bits per heavy atom. The number of para-hydroxylation sites is 1. The lowest BCUT2D eigenvalue weighted by Crippen LogP contribution is -2.25. The number of hydrogen-bond donors (Lipinski definition) is 2. The Balaban J connectivity index is 1.60. The Labute approximate surface area is 254 Å². The molecule has 0 bridgehead atoms. The number of amides is 1. The van der Waals surface area contributed by atoms with Gasteiger partial charge in [0.2, 0.25) is 10.9 Å². The summed E-state index contributed by atoms with van der Waals surface area (Å²) in [7, 11) is -3.43. The van der Waals surface area contributed by atoms with Gasteiger partial charge >= 0.3 is 5.97 Å². The van der Waals surface area contributed by atoms with Gasteiger partial charge < -0.3 is 20.5 Å². The second-order valence-corrected chi connectivity index (χ2v) is 13.1. The molecule has 218 valence electrons. The van der Waals surface area contributed by atoms with Crippen LogP contribution in [0.25, 0.3) is 11.1 Å². The lowest BCUT2D eigenvalue weighted by molar-refractivity contribution is -0.144. The summed E-state index contributed by atoms with van der Waals surface area (Å²) < 4.78 is 35.9. The molecule has 1 aliphatic rings. The molecule has 1 aliphatic carbocycles. The number of hydrogen-bond acceptors (Lipinski definition) is 7. The van der Waals surface area contributed by atoms with E-state index in [4.69, 9.17) is 50.0 Å². The summed E-state index contributed by atoms with van der Waals surface area (Å²) in [4.78, 5) is 26.1. The molecular formula is C29H29Cl3N2O6S. The third kappa shape index (κ3) is 8.07. The van der Waals surface area contributed by atoms with Crippen molar-refractivity contribution in [3.8, 4) is 16.9 Å². The van der Waals surface area contributed by atoms with Crippen molar-refractivity contribution in [1.82, 2.24) is 0 Å². The number of alkyl halides is 2. The maximum absolute atomic E-state index is 13.5. The van der Waals surface area contributed by atoms with Crippen LogP contribution >= 0.6 is 34.8 Å². The lowest BCUT2D eigenvalue weighted by atomic mass is 9.94. The number of nitrogens with two attached hydrogens (primary N) is 1. The minimum absolute atomic E-state index is 0.101. The van der Waals surface area contributed by atoms with E-state index in [-0.39, 0.29) is 46.0 Å². The predicted octanol–water partition coefficient (Wildman–Crippen LogP) is 6.59. The van der Waals surface area contributed by atoms with Crippen LogP contribution < -0.4 is 15.8 Å². The zero-order valence-corrected chi connectivity index (χ0v) is 25.2. The van der Waals surface area contributed by atoms with Gasteiger partial charge in [-0.25, -0.2) is 8.42 Å². The van der Waals surface area contributed by atoms with Gasteiger partial charge in [0.1, 0.15) is 5.75 Å². The van der Waals surface area contributed by atoms with Crippen LogP contribution in [-0.4, -0.2) is 37.7 Å². The van der Waals surface area contributed by atoms with E-state index in [2.05, 4.69) is 5.32 Å². The second kappa shape index (κ2) is 13.3. The third-order valence-corrected chi connectivity index (χ3v) is 8.97. The van der Waals surface area contributed by atoms with Gasteiger partial charge in [0.05, 0.1) is 46.0 Å². The zero-order chi connectivity index (χ0) is 29.7. The quantitative estimate of drug-likeness (QED) is 0.130. The van der Waals surface area contributed by atoms with Crippen molar-refractivity contribution in [3.05, 3.63) is 71.2 Å². The number of anilines is 2. The minimum atomic E-state index is -3.43. The minimum Gasteiger partial charge on any atom is -0.466 e. The number of carbonyl (C=O) groups excluding carboxylic acids is 2. The van der Waals surface area contributed by atoms with Crippen LogP contribution in [0.2, 0.25) is 5.02 Å². The number of esters is 1. The summed E-state index contributed by atoms with van der Waals surface area (Å²) >= 11 is 18.2. The number of nitrogens with one attached hydrogen (secondary N) is 1. The van der Waals surface area contributed by atoms with Crippen molar-refractivity contribution >= 4 is 67.9 Å². The molecule has 1 saturated carbocycles. The Hall–Kier alpha value is -2.98. The van der Waals surface area contributed by atoms with E-state index in [9.17, 15) is 18.0 Å². The smallest absolute Gasteiger partial charge is 0.306 e. The molecular weight excluding hydrogens is 611 g/mol. The van der Waals surface area contributed by atoms with Crippen LogP contribution in [0.4, 0.5) is 11.4 Å². The normalized spacial score (nSPS) is 14.0. The molecule has 1 fully saturated rings. The van der Waals surface area contributed by atoms with Gasteiger partial charge in [-0.3, -0.25) is 9.59 Å². The van der Waals surface area contributed by atoms with Gasteiger partial charge in [0.15, 0.2) is 9.84 Å². The molecule has 0 spiro atoms. The van der Waals surface area contributed by atoms with E-state index in [0.717, 1.165) is 12.8 Å².